The SMILES string of the molecule is O=C(O)/C=C/C(=O)NC(=O)NC1CCCC1. The Labute approximate surface area is 92.7 Å². The molecule has 1 aliphatic carbocycles. The highest BCUT2D eigenvalue weighted by atomic mass is 16.4. The second kappa shape index (κ2) is 5.89. The van der Waals surface area contributed by atoms with Gasteiger partial charge in [-0.25, -0.2) is 9.59 Å². The van der Waals surface area contributed by atoms with Gasteiger partial charge >= 0.3 is 12.0 Å². The smallest absolute Gasteiger partial charge is 0.328 e. The third-order valence-electron chi connectivity index (χ3n) is 2.30. The number of nitrogens with one attached hydrogen (secondary N) is 2. The van der Waals surface area contributed by atoms with Crippen LogP contribution in [-0.4, -0.2) is 29.1 Å². The summed E-state index contributed by atoms with van der Waals surface area (Å²) < 4.78 is 0. The lowest BCUT2D eigenvalue weighted by atomic mass is 10.2. The number of rotatable bonds is 3. The van der Waals surface area contributed by atoms with Crippen molar-refractivity contribution >= 4 is 17.9 Å². The molecule has 1 saturated carbocycles. The van der Waals surface area contributed by atoms with E-state index in [9.17, 15) is 14.4 Å². The van der Waals surface area contributed by atoms with Crippen molar-refractivity contribution < 1.29 is 19.5 Å². The highest BCUT2D eigenvalue weighted by Crippen LogP contribution is 2.17. The molecule has 3 amide bonds. The minimum atomic E-state index is -1.23. The third-order valence-corrected chi connectivity index (χ3v) is 2.30. The summed E-state index contributed by atoms with van der Waals surface area (Å²) in [6, 6.07) is -0.455. The summed E-state index contributed by atoms with van der Waals surface area (Å²) in [7, 11) is 0. The number of urea groups is 1. The first-order chi connectivity index (χ1) is 7.58. The van der Waals surface area contributed by atoms with Crippen LogP contribution >= 0.6 is 0 Å². The van der Waals surface area contributed by atoms with E-state index < -0.39 is 17.9 Å². The van der Waals surface area contributed by atoms with Crippen molar-refractivity contribution in [3.8, 4) is 0 Å². The molecule has 1 fully saturated rings. The lowest BCUT2D eigenvalue weighted by Gasteiger charge is -2.11. The standard InChI is InChI=1S/C10H14N2O4/c13-8(5-6-9(14)15)12-10(16)11-7-3-1-2-4-7/h5-7H,1-4H2,(H,14,15)(H2,11,12,13,16)/b6-5+. The van der Waals surface area contributed by atoms with Crippen LogP contribution in [0.2, 0.25) is 0 Å². The van der Waals surface area contributed by atoms with E-state index in [0.29, 0.717) is 6.08 Å². The number of carbonyl (C=O) groups excluding carboxylic acids is 2. The molecule has 0 bridgehead atoms. The number of hydrogen-bond donors (Lipinski definition) is 3. The lowest BCUT2D eigenvalue weighted by molar-refractivity contribution is -0.131. The Bertz CT molecular complexity index is 319. The monoisotopic (exact) mass is 226 g/mol. The van der Waals surface area contributed by atoms with E-state index in [1.54, 1.807) is 0 Å². The Morgan fingerprint density at radius 3 is 2.31 bits per heavy atom. The van der Waals surface area contributed by atoms with Crippen molar-refractivity contribution in [3.63, 3.8) is 0 Å². The Hall–Kier alpha value is -1.85. The maximum Gasteiger partial charge on any atom is 0.328 e. The van der Waals surface area contributed by atoms with Crippen LogP contribution in [0.25, 0.3) is 0 Å². The molecule has 1 aliphatic rings. The zero-order valence-corrected chi connectivity index (χ0v) is 8.73. The van der Waals surface area contributed by atoms with Crippen LogP contribution in [0.3, 0.4) is 0 Å². The summed E-state index contributed by atoms with van der Waals surface area (Å²) in [6.45, 7) is 0. The molecule has 0 aromatic rings. The van der Waals surface area contributed by atoms with Crippen LogP contribution in [0.1, 0.15) is 25.7 Å². The molecule has 0 aliphatic heterocycles. The topological polar surface area (TPSA) is 95.5 Å². The molecule has 0 atom stereocenters. The predicted octanol–water partition coefficient (Wildman–Crippen LogP) is 0.396. The third kappa shape index (κ3) is 4.59. The number of amides is 3. The van der Waals surface area contributed by atoms with E-state index >= 15 is 0 Å². The Balaban J connectivity index is 2.27. The van der Waals surface area contributed by atoms with E-state index in [0.717, 1.165) is 31.8 Å². The van der Waals surface area contributed by atoms with Gasteiger partial charge in [-0.15, -0.1) is 0 Å². The van der Waals surface area contributed by atoms with Crippen molar-refractivity contribution in [3.05, 3.63) is 12.2 Å². The highest BCUT2D eigenvalue weighted by molar-refractivity contribution is 6.02. The minimum Gasteiger partial charge on any atom is -0.478 e. The van der Waals surface area contributed by atoms with E-state index in [2.05, 4.69) is 5.32 Å². The molecule has 0 aromatic carbocycles. The van der Waals surface area contributed by atoms with E-state index in [-0.39, 0.29) is 6.04 Å². The number of aliphatic carboxylic acids is 1. The van der Waals surface area contributed by atoms with Crippen LogP contribution < -0.4 is 10.6 Å². The van der Waals surface area contributed by atoms with Crippen molar-refractivity contribution in [1.82, 2.24) is 10.6 Å². The van der Waals surface area contributed by atoms with Crippen LogP contribution in [0.5, 0.6) is 0 Å². The van der Waals surface area contributed by atoms with Crippen molar-refractivity contribution in [2.75, 3.05) is 0 Å². The normalized spacial score (nSPS) is 16.2. The average Bonchev–Trinajstić information content (AvgIpc) is 2.67. The molecular weight excluding hydrogens is 212 g/mol. The molecule has 0 saturated heterocycles. The summed E-state index contributed by atoms with van der Waals surface area (Å²) in [5.74, 6) is -1.97. The van der Waals surface area contributed by atoms with Gasteiger partial charge < -0.3 is 10.4 Å². The summed E-state index contributed by atoms with van der Waals surface area (Å²) in [6.07, 6.45) is 5.49. The second-order valence-electron chi connectivity index (χ2n) is 3.62. The van der Waals surface area contributed by atoms with Gasteiger partial charge in [0.15, 0.2) is 0 Å². The number of carbonyl (C=O) groups is 3. The molecule has 0 radical (unpaired) electrons. The molecule has 0 heterocycles. The first-order valence-electron chi connectivity index (χ1n) is 5.10. The summed E-state index contributed by atoms with van der Waals surface area (Å²) in [4.78, 5) is 32.3. The molecule has 6 nitrogen and oxygen atoms in total. The molecular formula is C10H14N2O4. The number of hydrogen-bond acceptors (Lipinski definition) is 3. The van der Waals surface area contributed by atoms with E-state index in [1.165, 1.54) is 0 Å². The number of imide groups is 1. The van der Waals surface area contributed by atoms with E-state index in [1.807, 2.05) is 5.32 Å². The zero-order chi connectivity index (χ0) is 12.0. The predicted molar refractivity (Wildman–Crippen MR) is 55.7 cm³/mol. The fourth-order valence-corrected chi connectivity index (χ4v) is 1.59. The van der Waals surface area contributed by atoms with Gasteiger partial charge in [-0.2, -0.15) is 0 Å². The number of carboxylic acids is 1. The van der Waals surface area contributed by atoms with Crippen LogP contribution in [0.15, 0.2) is 12.2 Å². The first kappa shape index (κ1) is 12.2. The molecule has 0 spiro atoms. The lowest BCUT2D eigenvalue weighted by Crippen LogP contribution is -2.43. The van der Waals surface area contributed by atoms with Gasteiger partial charge in [0.25, 0.3) is 5.91 Å². The van der Waals surface area contributed by atoms with Crippen LogP contribution in [0, 0.1) is 0 Å². The quantitative estimate of drug-likeness (QED) is 0.607. The zero-order valence-electron chi connectivity index (χ0n) is 8.73. The maximum absolute atomic E-state index is 11.2. The Morgan fingerprint density at radius 1 is 1.12 bits per heavy atom. The highest BCUT2D eigenvalue weighted by Gasteiger charge is 2.17. The average molecular weight is 226 g/mol. The molecule has 1 rings (SSSR count). The summed E-state index contributed by atoms with van der Waals surface area (Å²) in [5, 5.41) is 12.9. The number of carboxylic acid groups (broad SMARTS) is 1. The molecule has 3 N–H and O–H groups in total. The maximum atomic E-state index is 11.2. The summed E-state index contributed by atoms with van der Waals surface area (Å²) >= 11 is 0. The Kier molecular flexibility index (Phi) is 4.50. The van der Waals surface area contributed by atoms with E-state index in [4.69, 9.17) is 5.11 Å². The first-order valence-corrected chi connectivity index (χ1v) is 5.10. The second-order valence-corrected chi connectivity index (χ2v) is 3.62. The van der Waals surface area contributed by atoms with Gasteiger partial charge in [0.1, 0.15) is 0 Å². The molecule has 0 unspecified atom stereocenters. The van der Waals surface area contributed by atoms with Gasteiger partial charge in [-0.3, -0.25) is 10.1 Å². The van der Waals surface area contributed by atoms with Gasteiger partial charge in [0.2, 0.25) is 0 Å². The van der Waals surface area contributed by atoms with Gasteiger partial charge in [0.05, 0.1) is 0 Å². The van der Waals surface area contributed by atoms with Gasteiger partial charge in [-0.1, -0.05) is 12.8 Å². The van der Waals surface area contributed by atoms with Gasteiger partial charge in [-0.05, 0) is 12.8 Å². The summed E-state index contributed by atoms with van der Waals surface area (Å²) in [5.41, 5.74) is 0. The fraction of sp³-hybridized carbons (Fsp3) is 0.500. The molecule has 16 heavy (non-hydrogen) atoms. The fourth-order valence-electron chi connectivity index (χ4n) is 1.59. The molecule has 6 heteroatoms. The van der Waals surface area contributed by atoms with Crippen LogP contribution in [-0.2, 0) is 9.59 Å². The van der Waals surface area contributed by atoms with Crippen molar-refractivity contribution in [2.45, 2.75) is 31.7 Å². The van der Waals surface area contributed by atoms with Gasteiger partial charge in [0, 0.05) is 18.2 Å². The largest absolute Gasteiger partial charge is 0.478 e. The molecule has 88 valence electrons. The van der Waals surface area contributed by atoms with Crippen molar-refractivity contribution in [2.24, 2.45) is 0 Å². The Morgan fingerprint density at radius 2 is 1.75 bits per heavy atom. The van der Waals surface area contributed by atoms with Crippen molar-refractivity contribution in [1.29, 1.82) is 0 Å². The van der Waals surface area contributed by atoms with Crippen LogP contribution in [0.4, 0.5) is 4.79 Å². The minimum absolute atomic E-state index is 0.122. The molecule has 0 aromatic heterocycles.